The molecule has 0 radical (unpaired) electrons. The maximum atomic E-state index is 9.94. The van der Waals surface area contributed by atoms with Crippen LogP contribution in [0.15, 0.2) is 28.9 Å². The average Bonchev–Trinajstić information content (AvgIpc) is 3.05. The van der Waals surface area contributed by atoms with Gasteiger partial charge in [0.15, 0.2) is 0 Å². The fraction of sp³-hybridized carbons (Fsp3) is 0.533. The number of likely N-dealkylation sites (tertiary alicyclic amines) is 1. The van der Waals surface area contributed by atoms with Crippen molar-refractivity contribution in [2.45, 2.75) is 31.4 Å². The van der Waals surface area contributed by atoms with E-state index in [1.54, 1.807) is 6.20 Å². The number of aliphatic hydroxyl groups is 1. The Morgan fingerprint density at radius 2 is 2.24 bits per heavy atom. The standard InChI is InChI=1S/C15H18N4O2/c20-11-7-13(19(9-11)8-10-4-5-10)15-17-14(18-21-15)12-3-1-2-6-16-12/h1-3,6,10-11,13,20H,4-5,7-9H2. The predicted octanol–water partition coefficient (Wildman–Crippen LogP) is 1.65. The van der Waals surface area contributed by atoms with Gasteiger partial charge in [0.25, 0.3) is 0 Å². The van der Waals surface area contributed by atoms with E-state index in [-0.39, 0.29) is 12.1 Å². The number of aromatic nitrogens is 3. The van der Waals surface area contributed by atoms with Crippen LogP contribution in [0.5, 0.6) is 0 Å². The van der Waals surface area contributed by atoms with Gasteiger partial charge in [-0.3, -0.25) is 9.88 Å². The minimum atomic E-state index is -0.307. The topological polar surface area (TPSA) is 75.3 Å². The lowest BCUT2D eigenvalue weighted by Crippen LogP contribution is -2.27. The SMILES string of the molecule is OC1CC(c2nc(-c3ccccn3)no2)N(CC2CC2)C1. The third-order valence-electron chi connectivity index (χ3n) is 4.19. The molecule has 2 aromatic heterocycles. The molecule has 1 N–H and O–H groups in total. The Hall–Kier alpha value is -1.79. The molecule has 0 spiro atoms. The molecule has 1 aliphatic carbocycles. The summed E-state index contributed by atoms with van der Waals surface area (Å²) in [6.07, 6.45) is 4.66. The molecule has 2 aliphatic rings. The van der Waals surface area contributed by atoms with E-state index in [1.165, 1.54) is 12.8 Å². The summed E-state index contributed by atoms with van der Waals surface area (Å²) in [5.74, 6) is 1.88. The van der Waals surface area contributed by atoms with Gasteiger partial charge in [-0.15, -0.1) is 0 Å². The lowest BCUT2D eigenvalue weighted by atomic mass is 10.2. The number of pyridine rings is 1. The van der Waals surface area contributed by atoms with Gasteiger partial charge in [-0.05, 0) is 37.3 Å². The van der Waals surface area contributed by atoms with Gasteiger partial charge in [0.2, 0.25) is 11.7 Å². The number of aliphatic hydroxyl groups excluding tert-OH is 1. The van der Waals surface area contributed by atoms with Gasteiger partial charge in [0.05, 0.1) is 12.1 Å². The second kappa shape index (κ2) is 5.20. The monoisotopic (exact) mass is 286 g/mol. The molecule has 1 saturated heterocycles. The van der Waals surface area contributed by atoms with E-state index in [4.69, 9.17) is 4.52 Å². The van der Waals surface area contributed by atoms with Crippen LogP contribution in [-0.4, -0.2) is 44.3 Å². The summed E-state index contributed by atoms with van der Waals surface area (Å²) in [6, 6.07) is 5.65. The molecule has 3 heterocycles. The summed E-state index contributed by atoms with van der Waals surface area (Å²) < 4.78 is 5.43. The predicted molar refractivity (Wildman–Crippen MR) is 75.2 cm³/mol. The lowest BCUT2D eigenvalue weighted by Gasteiger charge is -2.20. The highest BCUT2D eigenvalue weighted by molar-refractivity contribution is 5.47. The molecular formula is C15H18N4O2. The van der Waals surface area contributed by atoms with Crippen molar-refractivity contribution >= 4 is 0 Å². The quantitative estimate of drug-likeness (QED) is 0.921. The van der Waals surface area contributed by atoms with E-state index in [0.29, 0.717) is 30.4 Å². The summed E-state index contributed by atoms with van der Waals surface area (Å²) in [7, 11) is 0. The first-order valence-corrected chi connectivity index (χ1v) is 7.47. The van der Waals surface area contributed by atoms with Crippen molar-refractivity contribution in [3.8, 4) is 11.5 Å². The molecule has 1 saturated carbocycles. The van der Waals surface area contributed by atoms with E-state index in [1.807, 2.05) is 18.2 Å². The number of hydrogen-bond donors (Lipinski definition) is 1. The van der Waals surface area contributed by atoms with Crippen molar-refractivity contribution in [1.82, 2.24) is 20.0 Å². The molecule has 110 valence electrons. The van der Waals surface area contributed by atoms with E-state index in [9.17, 15) is 5.11 Å². The minimum absolute atomic E-state index is 0.0329. The highest BCUT2D eigenvalue weighted by Gasteiger charge is 2.38. The molecule has 0 amide bonds. The van der Waals surface area contributed by atoms with Crippen molar-refractivity contribution in [1.29, 1.82) is 0 Å². The highest BCUT2D eigenvalue weighted by Crippen LogP contribution is 2.37. The molecule has 4 rings (SSSR count). The normalized spacial score (nSPS) is 26.3. The second-order valence-electron chi connectivity index (χ2n) is 5.97. The van der Waals surface area contributed by atoms with Crippen LogP contribution in [0.3, 0.4) is 0 Å². The van der Waals surface area contributed by atoms with Crippen LogP contribution in [0.4, 0.5) is 0 Å². The number of hydrogen-bond acceptors (Lipinski definition) is 6. The summed E-state index contributed by atoms with van der Waals surface area (Å²) in [4.78, 5) is 11.0. The van der Waals surface area contributed by atoms with Gasteiger partial charge >= 0.3 is 0 Å². The van der Waals surface area contributed by atoms with Gasteiger partial charge in [-0.25, -0.2) is 0 Å². The lowest BCUT2D eigenvalue weighted by molar-refractivity contribution is 0.170. The third-order valence-corrected chi connectivity index (χ3v) is 4.19. The van der Waals surface area contributed by atoms with Crippen LogP contribution < -0.4 is 0 Å². The van der Waals surface area contributed by atoms with Crippen LogP contribution in [0.25, 0.3) is 11.5 Å². The minimum Gasteiger partial charge on any atom is -0.392 e. The van der Waals surface area contributed by atoms with E-state index < -0.39 is 0 Å². The zero-order valence-corrected chi connectivity index (χ0v) is 11.7. The van der Waals surface area contributed by atoms with E-state index in [2.05, 4.69) is 20.0 Å². The molecule has 1 aliphatic heterocycles. The fourth-order valence-electron chi connectivity index (χ4n) is 2.94. The van der Waals surface area contributed by atoms with Crippen LogP contribution in [-0.2, 0) is 0 Å². The zero-order chi connectivity index (χ0) is 14.2. The van der Waals surface area contributed by atoms with Gasteiger partial charge in [0, 0.05) is 19.3 Å². The van der Waals surface area contributed by atoms with Crippen LogP contribution in [0.1, 0.15) is 31.2 Å². The first-order chi connectivity index (χ1) is 10.3. The molecular weight excluding hydrogens is 268 g/mol. The van der Waals surface area contributed by atoms with Crippen LogP contribution in [0.2, 0.25) is 0 Å². The van der Waals surface area contributed by atoms with Crippen molar-refractivity contribution in [3.05, 3.63) is 30.3 Å². The van der Waals surface area contributed by atoms with Crippen molar-refractivity contribution < 1.29 is 9.63 Å². The fourth-order valence-corrected chi connectivity index (χ4v) is 2.94. The Kier molecular flexibility index (Phi) is 3.20. The summed E-state index contributed by atoms with van der Waals surface area (Å²) in [6.45, 7) is 1.71. The largest absolute Gasteiger partial charge is 0.392 e. The van der Waals surface area contributed by atoms with Crippen molar-refractivity contribution in [2.75, 3.05) is 13.1 Å². The Bertz CT molecular complexity index is 611. The summed E-state index contributed by atoms with van der Waals surface area (Å²) in [5.41, 5.74) is 0.708. The smallest absolute Gasteiger partial charge is 0.244 e. The molecule has 2 atom stereocenters. The zero-order valence-electron chi connectivity index (χ0n) is 11.7. The van der Waals surface area contributed by atoms with E-state index in [0.717, 1.165) is 12.5 Å². The van der Waals surface area contributed by atoms with Gasteiger partial charge < -0.3 is 9.63 Å². The first-order valence-electron chi connectivity index (χ1n) is 7.47. The molecule has 21 heavy (non-hydrogen) atoms. The van der Waals surface area contributed by atoms with Crippen molar-refractivity contribution in [2.24, 2.45) is 5.92 Å². The maximum Gasteiger partial charge on any atom is 0.244 e. The number of β-amino-alcohol motifs (C(OH)–C–C–N with tert-alkyl or cyclic N) is 1. The molecule has 2 aromatic rings. The molecule has 0 aromatic carbocycles. The first kappa shape index (κ1) is 12.9. The molecule has 0 bridgehead atoms. The van der Waals surface area contributed by atoms with Crippen LogP contribution >= 0.6 is 0 Å². The number of rotatable bonds is 4. The van der Waals surface area contributed by atoms with Gasteiger partial charge in [-0.2, -0.15) is 4.98 Å². The molecule has 2 unspecified atom stereocenters. The molecule has 6 heteroatoms. The second-order valence-corrected chi connectivity index (χ2v) is 5.97. The molecule has 2 fully saturated rings. The van der Waals surface area contributed by atoms with Gasteiger partial charge in [0.1, 0.15) is 5.69 Å². The van der Waals surface area contributed by atoms with Crippen molar-refractivity contribution in [3.63, 3.8) is 0 Å². The van der Waals surface area contributed by atoms with E-state index >= 15 is 0 Å². The van der Waals surface area contributed by atoms with Crippen LogP contribution in [0, 0.1) is 5.92 Å². The summed E-state index contributed by atoms with van der Waals surface area (Å²) in [5, 5.41) is 14.0. The highest BCUT2D eigenvalue weighted by atomic mass is 16.5. The number of nitrogens with zero attached hydrogens (tertiary/aromatic N) is 4. The Balaban J connectivity index is 1.56. The Labute approximate surface area is 122 Å². The summed E-state index contributed by atoms with van der Waals surface area (Å²) >= 11 is 0. The Morgan fingerprint density at radius 1 is 1.33 bits per heavy atom. The third kappa shape index (κ3) is 2.69. The Morgan fingerprint density at radius 3 is 3.00 bits per heavy atom. The van der Waals surface area contributed by atoms with Gasteiger partial charge in [-0.1, -0.05) is 11.2 Å². The average molecular weight is 286 g/mol. The molecule has 6 nitrogen and oxygen atoms in total. The maximum absolute atomic E-state index is 9.94.